The van der Waals surface area contributed by atoms with Crippen molar-refractivity contribution in [1.82, 2.24) is 0 Å². The highest BCUT2D eigenvalue weighted by atomic mass is 14.5. The van der Waals surface area contributed by atoms with Crippen LogP contribution in [-0.4, -0.2) is 0 Å². The third-order valence-electron chi connectivity index (χ3n) is 5.57. The molecule has 0 aromatic heterocycles. The van der Waals surface area contributed by atoms with Gasteiger partial charge in [0.25, 0.3) is 0 Å². The van der Waals surface area contributed by atoms with E-state index in [-0.39, 0.29) is 0 Å². The first-order chi connectivity index (χ1) is 7.36. The molecule has 4 unspecified atom stereocenters. The first-order valence-corrected chi connectivity index (χ1v) is 7.00. The summed E-state index contributed by atoms with van der Waals surface area (Å²) in [5.74, 6) is 5.28. The molecule has 0 spiro atoms. The Morgan fingerprint density at radius 1 is 0.812 bits per heavy atom. The van der Waals surface area contributed by atoms with Gasteiger partial charge in [-0.2, -0.15) is 0 Å². The fourth-order valence-corrected chi connectivity index (χ4v) is 3.63. The van der Waals surface area contributed by atoms with Crippen LogP contribution in [0.4, 0.5) is 0 Å². The quantitative estimate of drug-likeness (QED) is 0.579. The van der Waals surface area contributed by atoms with Crippen LogP contribution in [0.25, 0.3) is 0 Å². The molecule has 1 aliphatic rings. The fraction of sp³-hybridized carbons (Fsp3) is 0.875. The predicted molar refractivity (Wildman–Crippen MR) is 73.4 cm³/mol. The maximum absolute atomic E-state index is 4.04. The predicted octanol–water partition coefficient (Wildman–Crippen LogP) is 5.15. The molecule has 0 saturated heterocycles. The first-order valence-electron chi connectivity index (χ1n) is 7.00. The topological polar surface area (TPSA) is 0 Å². The molecule has 94 valence electrons. The van der Waals surface area contributed by atoms with Crippen molar-refractivity contribution in [2.45, 2.75) is 54.4 Å². The maximum atomic E-state index is 4.04. The Morgan fingerprint density at radius 2 is 1.19 bits per heavy atom. The lowest BCUT2D eigenvalue weighted by molar-refractivity contribution is 0.0164. The Balaban J connectivity index is 2.70. The van der Waals surface area contributed by atoms with E-state index in [2.05, 4.69) is 48.1 Å². The lowest BCUT2D eigenvalue weighted by Crippen LogP contribution is -2.41. The molecule has 1 fully saturated rings. The Bertz CT molecular complexity index is 224. The van der Waals surface area contributed by atoms with Gasteiger partial charge in [-0.05, 0) is 55.3 Å². The summed E-state index contributed by atoms with van der Waals surface area (Å²) < 4.78 is 0. The van der Waals surface area contributed by atoms with Crippen molar-refractivity contribution in [3.8, 4) is 0 Å². The van der Waals surface area contributed by atoms with E-state index in [1.165, 1.54) is 18.4 Å². The van der Waals surface area contributed by atoms with Crippen molar-refractivity contribution in [3.63, 3.8) is 0 Å². The molecule has 0 radical (unpaired) electrons. The average molecular weight is 222 g/mol. The van der Waals surface area contributed by atoms with Crippen LogP contribution in [0.15, 0.2) is 12.2 Å². The van der Waals surface area contributed by atoms with Crippen LogP contribution in [0.2, 0.25) is 0 Å². The molecular formula is C16H30. The second kappa shape index (κ2) is 5.38. The molecule has 0 amide bonds. The first kappa shape index (κ1) is 13.8. The van der Waals surface area contributed by atoms with Gasteiger partial charge in [-0.3, -0.25) is 0 Å². The number of hydrogen-bond acceptors (Lipinski definition) is 0. The molecule has 0 nitrogen and oxygen atoms in total. The fourth-order valence-electron chi connectivity index (χ4n) is 3.63. The minimum absolute atomic E-state index is 0.876. The Morgan fingerprint density at radius 3 is 1.56 bits per heavy atom. The zero-order chi connectivity index (χ0) is 12.5. The van der Waals surface area contributed by atoms with Gasteiger partial charge in [-0.25, -0.2) is 0 Å². The zero-order valence-corrected chi connectivity index (χ0v) is 12.1. The summed E-state index contributed by atoms with van der Waals surface area (Å²) in [6.45, 7) is 18.5. The van der Waals surface area contributed by atoms with Crippen LogP contribution in [-0.2, 0) is 0 Å². The van der Waals surface area contributed by atoms with Crippen LogP contribution < -0.4 is 0 Å². The van der Waals surface area contributed by atoms with Gasteiger partial charge in [0.2, 0.25) is 0 Å². The van der Waals surface area contributed by atoms with Crippen molar-refractivity contribution in [2.75, 3.05) is 0 Å². The largest absolute Gasteiger partial charge is 0.100 e. The molecule has 0 bridgehead atoms. The van der Waals surface area contributed by atoms with E-state index in [0.29, 0.717) is 0 Å². The van der Waals surface area contributed by atoms with E-state index in [4.69, 9.17) is 0 Å². The average Bonchev–Trinajstić information content (AvgIpc) is 2.23. The Kier molecular flexibility index (Phi) is 4.64. The molecule has 0 aliphatic heterocycles. The van der Waals surface area contributed by atoms with Crippen molar-refractivity contribution in [3.05, 3.63) is 12.2 Å². The maximum Gasteiger partial charge on any atom is -0.0323 e. The van der Waals surface area contributed by atoms with E-state index in [0.717, 1.165) is 35.5 Å². The number of rotatable bonds is 3. The molecular weight excluding hydrogens is 192 g/mol. The molecule has 4 atom stereocenters. The van der Waals surface area contributed by atoms with Crippen LogP contribution in [0.5, 0.6) is 0 Å². The van der Waals surface area contributed by atoms with Crippen molar-refractivity contribution in [1.29, 1.82) is 0 Å². The standard InChI is InChI=1S/C16H30/c1-10(2)8-9-16-14(6)12(4)11(3)13(5)15(16)7/h11-16H,1,8-9H2,2-7H3. The van der Waals surface area contributed by atoms with E-state index >= 15 is 0 Å². The molecule has 1 saturated carbocycles. The van der Waals surface area contributed by atoms with Gasteiger partial charge in [-0.1, -0.05) is 40.2 Å². The summed E-state index contributed by atoms with van der Waals surface area (Å²) >= 11 is 0. The van der Waals surface area contributed by atoms with Gasteiger partial charge in [-0.15, -0.1) is 6.58 Å². The van der Waals surface area contributed by atoms with Crippen LogP contribution in [0.1, 0.15) is 54.4 Å². The van der Waals surface area contributed by atoms with E-state index < -0.39 is 0 Å². The molecule has 0 aromatic rings. The second-order valence-corrected chi connectivity index (χ2v) is 6.46. The molecule has 0 heteroatoms. The molecule has 0 heterocycles. The van der Waals surface area contributed by atoms with Crippen molar-refractivity contribution in [2.24, 2.45) is 35.5 Å². The zero-order valence-electron chi connectivity index (χ0n) is 12.1. The van der Waals surface area contributed by atoms with Gasteiger partial charge >= 0.3 is 0 Å². The van der Waals surface area contributed by atoms with Crippen molar-refractivity contribution >= 4 is 0 Å². The van der Waals surface area contributed by atoms with E-state index in [9.17, 15) is 0 Å². The highest BCUT2D eigenvalue weighted by molar-refractivity contribution is 4.93. The second-order valence-electron chi connectivity index (χ2n) is 6.46. The van der Waals surface area contributed by atoms with Crippen LogP contribution in [0, 0.1) is 35.5 Å². The van der Waals surface area contributed by atoms with Crippen LogP contribution in [0.3, 0.4) is 0 Å². The highest BCUT2D eigenvalue weighted by Crippen LogP contribution is 2.47. The van der Waals surface area contributed by atoms with Gasteiger partial charge < -0.3 is 0 Å². The number of hydrogen-bond donors (Lipinski definition) is 0. The third kappa shape index (κ3) is 2.70. The summed E-state index contributed by atoms with van der Waals surface area (Å²) in [7, 11) is 0. The Labute approximate surface area is 103 Å². The lowest BCUT2D eigenvalue weighted by atomic mass is 9.58. The normalized spacial score (nSPS) is 44.4. The smallest absolute Gasteiger partial charge is 0.0323 e. The minimum atomic E-state index is 0.876. The van der Waals surface area contributed by atoms with Crippen LogP contribution >= 0.6 is 0 Å². The minimum Gasteiger partial charge on any atom is -0.100 e. The molecule has 0 N–H and O–H groups in total. The summed E-state index contributed by atoms with van der Waals surface area (Å²) in [4.78, 5) is 0. The summed E-state index contributed by atoms with van der Waals surface area (Å²) in [5, 5.41) is 0. The highest BCUT2D eigenvalue weighted by Gasteiger charge is 2.40. The summed E-state index contributed by atoms with van der Waals surface area (Å²) in [6.07, 6.45) is 2.56. The van der Waals surface area contributed by atoms with Gasteiger partial charge in [0.15, 0.2) is 0 Å². The lowest BCUT2D eigenvalue weighted by Gasteiger charge is -2.47. The van der Waals surface area contributed by atoms with E-state index in [1.807, 2.05) is 0 Å². The summed E-state index contributed by atoms with van der Waals surface area (Å²) in [6, 6.07) is 0. The third-order valence-corrected chi connectivity index (χ3v) is 5.57. The molecule has 0 aromatic carbocycles. The van der Waals surface area contributed by atoms with E-state index in [1.54, 1.807) is 0 Å². The Hall–Kier alpha value is -0.260. The number of allylic oxidation sites excluding steroid dienone is 1. The van der Waals surface area contributed by atoms with Gasteiger partial charge in [0, 0.05) is 0 Å². The van der Waals surface area contributed by atoms with Gasteiger partial charge in [0.05, 0.1) is 0 Å². The molecule has 16 heavy (non-hydrogen) atoms. The summed E-state index contributed by atoms with van der Waals surface area (Å²) in [5.41, 5.74) is 1.35. The van der Waals surface area contributed by atoms with Gasteiger partial charge in [0.1, 0.15) is 0 Å². The molecule has 1 aliphatic carbocycles. The monoisotopic (exact) mass is 222 g/mol. The van der Waals surface area contributed by atoms with Crippen molar-refractivity contribution < 1.29 is 0 Å². The molecule has 1 rings (SSSR count). The SMILES string of the molecule is C=C(C)CCC1C(C)C(C)C(C)C(C)C1C.